The van der Waals surface area contributed by atoms with Gasteiger partial charge in [-0.25, -0.2) is 0 Å². The molecule has 0 fully saturated rings. The van der Waals surface area contributed by atoms with Crippen molar-refractivity contribution in [3.05, 3.63) is 41.4 Å². The lowest BCUT2D eigenvalue weighted by Gasteiger charge is -2.40. The molecule has 0 heteroatoms. The summed E-state index contributed by atoms with van der Waals surface area (Å²) in [7, 11) is 0. The van der Waals surface area contributed by atoms with E-state index in [1.807, 2.05) is 0 Å². The van der Waals surface area contributed by atoms with Gasteiger partial charge < -0.3 is 0 Å². The lowest BCUT2D eigenvalue weighted by atomic mass is 9.73. The molecule has 1 rings (SSSR count). The van der Waals surface area contributed by atoms with Gasteiger partial charge in [0.15, 0.2) is 0 Å². The molecule has 0 heterocycles. The molecule has 1 atom stereocenters. The zero-order valence-corrected chi connectivity index (χ0v) is 8.49. The monoisotopic (exact) mass is 161 g/mol. The molecular formula is C12H17-. The van der Waals surface area contributed by atoms with Crippen molar-refractivity contribution in [2.75, 3.05) is 0 Å². The number of rotatable bonds is 0. The van der Waals surface area contributed by atoms with Gasteiger partial charge in [0.1, 0.15) is 0 Å². The first-order chi connectivity index (χ1) is 5.46. The van der Waals surface area contributed by atoms with Gasteiger partial charge in [-0.2, -0.15) is 18.1 Å². The maximum absolute atomic E-state index is 4.09. The van der Waals surface area contributed by atoms with E-state index in [4.69, 9.17) is 0 Å². The van der Waals surface area contributed by atoms with Gasteiger partial charge in [-0.1, -0.05) is 39.8 Å². The highest BCUT2D eigenvalue weighted by molar-refractivity contribution is 5.54. The molecule has 66 valence electrons. The number of hydrogen-bond acceptors (Lipinski definition) is 0. The van der Waals surface area contributed by atoms with Crippen LogP contribution in [0.25, 0.3) is 0 Å². The van der Waals surface area contributed by atoms with Gasteiger partial charge >= 0.3 is 0 Å². The quantitative estimate of drug-likeness (QED) is 0.475. The molecule has 12 heavy (non-hydrogen) atoms. The van der Waals surface area contributed by atoms with Crippen molar-refractivity contribution in [3.63, 3.8) is 0 Å². The molecule has 0 N–H and O–H groups in total. The highest BCUT2D eigenvalue weighted by atomic mass is 14.3. The minimum absolute atomic E-state index is 0.473. The first-order valence-electron chi connectivity index (χ1n) is 4.36. The fourth-order valence-electron chi connectivity index (χ4n) is 1.61. The molecule has 1 aliphatic rings. The van der Waals surface area contributed by atoms with Gasteiger partial charge in [-0.3, -0.25) is 0 Å². The fraction of sp³-hybridized carbons (Fsp3) is 0.417. The van der Waals surface area contributed by atoms with Crippen LogP contribution in [0.15, 0.2) is 35.5 Å². The zero-order chi connectivity index (χ0) is 9.46. The van der Waals surface area contributed by atoms with E-state index >= 15 is 0 Å². The third kappa shape index (κ3) is 1.12. The molecule has 0 saturated carbocycles. The van der Waals surface area contributed by atoms with E-state index in [-0.39, 0.29) is 0 Å². The van der Waals surface area contributed by atoms with Gasteiger partial charge in [0.2, 0.25) is 0 Å². The van der Waals surface area contributed by atoms with Crippen LogP contribution in [0.2, 0.25) is 0 Å². The average molecular weight is 161 g/mol. The van der Waals surface area contributed by atoms with Gasteiger partial charge in [0.25, 0.3) is 0 Å². The van der Waals surface area contributed by atoms with E-state index < -0.39 is 0 Å². The molecule has 1 unspecified atom stereocenters. The Bertz CT molecular complexity index is 238. The van der Waals surface area contributed by atoms with E-state index in [9.17, 15) is 0 Å². The molecular weight excluding hydrogens is 144 g/mol. The standard InChI is InChI=1S/C12H17/c1-7-8(2)10(4)12(6)11(5)9(7)3/h8H,1,6H2,2-5H3/q-1. The summed E-state index contributed by atoms with van der Waals surface area (Å²) in [5.74, 6) is 1.84. The summed E-state index contributed by atoms with van der Waals surface area (Å²) >= 11 is 0. The predicted molar refractivity (Wildman–Crippen MR) is 54.7 cm³/mol. The molecule has 0 aromatic rings. The summed E-state index contributed by atoms with van der Waals surface area (Å²) < 4.78 is 0. The molecule has 0 saturated heterocycles. The molecule has 0 aliphatic heterocycles. The van der Waals surface area contributed by atoms with Crippen molar-refractivity contribution in [2.24, 2.45) is 5.92 Å². The van der Waals surface area contributed by atoms with Crippen molar-refractivity contribution >= 4 is 0 Å². The van der Waals surface area contributed by atoms with Crippen LogP contribution in [0.4, 0.5) is 0 Å². The second kappa shape index (κ2) is 2.85. The molecule has 0 aromatic carbocycles. The van der Waals surface area contributed by atoms with E-state index in [1.165, 1.54) is 28.2 Å². The third-order valence-corrected chi connectivity index (χ3v) is 3.15. The molecule has 0 bridgehead atoms. The predicted octanol–water partition coefficient (Wildman–Crippen LogP) is 3.68. The smallest absolute Gasteiger partial charge is 0.0439 e. The van der Waals surface area contributed by atoms with Crippen LogP contribution in [-0.4, -0.2) is 0 Å². The summed E-state index contributed by atoms with van der Waals surface area (Å²) in [5, 5.41) is 0. The van der Waals surface area contributed by atoms with Crippen molar-refractivity contribution in [1.29, 1.82) is 0 Å². The Morgan fingerprint density at radius 1 is 1.17 bits per heavy atom. The molecule has 0 amide bonds. The van der Waals surface area contributed by atoms with Gasteiger partial charge in [0, 0.05) is 0 Å². The molecule has 0 nitrogen and oxygen atoms in total. The molecule has 0 radical (unpaired) electrons. The second-order valence-electron chi connectivity index (χ2n) is 3.66. The third-order valence-electron chi connectivity index (χ3n) is 3.15. The first-order valence-corrected chi connectivity index (χ1v) is 4.36. The Morgan fingerprint density at radius 2 is 1.67 bits per heavy atom. The molecule has 1 aliphatic carbocycles. The summed E-state index contributed by atoms with van der Waals surface area (Å²) in [6.07, 6.45) is 0. The van der Waals surface area contributed by atoms with Crippen molar-refractivity contribution < 1.29 is 0 Å². The van der Waals surface area contributed by atoms with Gasteiger partial charge in [0.05, 0.1) is 0 Å². The zero-order valence-electron chi connectivity index (χ0n) is 8.49. The van der Waals surface area contributed by atoms with Gasteiger partial charge in [-0.05, 0) is 5.92 Å². The van der Waals surface area contributed by atoms with Crippen LogP contribution < -0.4 is 0 Å². The molecule has 0 aromatic heterocycles. The lowest BCUT2D eigenvalue weighted by molar-refractivity contribution is 0.704. The van der Waals surface area contributed by atoms with Crippen LogP contribution in [-0.2, 0) is 0 Å². The highest BCUT2D eigenvalue weighted by Crippen LogP contribution is 2.40. The normalized spacial score (nSPS) is 25.3. The van der Waals surface area contributed by atoms with Crippen LogP contribution in [0.3, 0.4) is 0 Å². The van der Waals surface area contributed by atoms with E-state index in [0.29, 0.717) is 5.92 Å². The highest BCUT2D eigenvalue weighted by Gasteiger charge is 2.18. The van der Waals surface area contributed by atoms with E-state index in [2.05, 4.69) is 40.9 Å². The Morgan fingerprint density at radius 3 is 2.17 bits per heavy atom. The van der Waals surface area contributed by atoms with Crippen molar-refractivity contribution in [3.8, 4) is 0 Å². The summed E-state index contributed by atoms with van der Waals surface area (Å²) in [4.78, 5) is 0. The number of allylic oxidation sites excluding steroid dienone is 4. The summed E-state index contributed by atoms with van der Waals surface area (Å²) in [6.45, 7) is 16.8. The van der Waals surface area contributed by atoms with Crippen LogP contribution >= 0.6 is 0 Å². The maximum Gasteiger partial charge on any atom is -0.0439 e. The minimum atomic E-state index is 0.473. The summed E-state index contributed by atoms with van der Waals surface area (Å²) in [6, 6.07) is 0. The minimum Gasteiger partial charge on any atom is -0.198 e. The Kier molecular flexibility index (Phi) is 2.18. The SMILES string of the molecule is C=C1C(C)=C(C)C(=C)C(C)[C-]1C. The van der Waals surface area contributed by atoms with Crippen LogP contribution in [0.5, 0.6) is 0 Å². The maximum atomic E-state index is 4.09. The lowest BCUT2D eigenvalue weighted by Crippen LogP contribution is -2.17. The topological polar surface area (TPSA) is 0 Å². The average Bonchev–Trinajstić information content (AvgIpc) is 2.08. The van der Waals surface area contributed by atoms with Crippen LogP contribution in [0, 0.1) is 11.8 Å². The van der Waals surface area contributed by atoms with Gasteiger partial charge in [-0.15, -0.1) is 11.1 Å². The van der Waals surface area contributed by atoms with Crippen molar-refractivity contribution in [1.82, 2.24) is 0 Å². The molecule has 0 spiro atoms. The fourth-order valence-corrected chi connectivity index (χ4v) is 1.61. The summed E-state index contributed by atoms with van der Waals surface area (Å²) in [5.41, 5.74) is 5.07. The Hall–Kier alpha value is -0.910. The van der Waals surface area contributed by atoms with Crippen LogP contribution in [0.1, 0.15) is 27.7 Å². The Labute approximate surface area is 75.7 Å². The van der Waals surface area contributed by atoms with E-state index in [1.54, 1.807) is 0 Å². The largest absolute Gasteiger partial charge is 0.198 e. The second-order valence-corrected chi connectivity index (χ2v) is 3.66. The number of hydrogen-bond donors (Lipinski definition) is 0. The van der Waals surface area contributed by atoms with E-state index in [0.717, 1.165) is 0 Å². The van der Waals surface area contributed by atoms with Crippen molar-refractivity contribution in [2.45, 2.75) is 27.7 Å². The Balaban J connectivity index is 3.17. The first kappa shape index (κ1) is 9.18.